The lowest BCUT2D eigenvalue weighted by atomic mass is 10.3. The number of benzene rings is 3. The lowest BCUT2D eigenvalue weighted by Gasteiger charge is -2.32. The maximum Gasteiger partial charge on any atom is 0.288 e. The molecule has 2 nitrogen and oxygen atoms in total. The van der Waals surface area contributed by atoms with E-state index in [-0.39, 0.29) is 6.61 Å². The third-order valence-electron chi connectivity index (χ3n) is 3.91. The van der Waals surface area contributed by atoms with Crippen molar-refractivity contribution in [3.05, 3.63) is 91.0 Å². The molecule has 0 aliphatic carbocycles. The van der Waals surface area contributed by atoms with Crippen molar-refractivity contribution in [2.24, 2.45) is 0 Å². The molecule has 0 amide bonds. The quantitative estimate of drug-likeness (QED) is 0.394. The molecule has 23 heavy (non-hydrogen) atoms. The Morgan fingerprint density at radius 2 is 1.00 bits per heavy atom. The maximum atomic E-state index is 11.0. The highest BCUT2D eigenvalue weighted by molar-refractivity contribution is 7.07. The van der Waals surface area contributed by atoms with E-state index in [1.54, 1.807) is 0 Å². The standard InChI is InChI=1S/C20H18O2Si/c21-16-17-22-23(18-10-4-1-5-11-18,19-12-6-2-7-13-19)20-14-8-3-9-15-20/h1-16H,17H2. The first-order chi connectivity index (χ1) is 11.4. The van der Waals surface area contributed by atoms with Crippen LogP contribution < -0.4 is 15.6 Å². The molecule has 3 aromatic rings. The van der Waals surface area contributed by atoms with Crippen molar-refractivity contribution in [2.45, 2.75) is 0 Å². The summed E-state index contributed by atoms with van der Waals surface area (Å²) < 4.78 is 6.31. The summed E-state index contributed by atoms with van der Waals surface area (Å²) in [6, 6.07) is 30.7. The highest BCUT2D eigenvalue weighted by Gasteiger charge is 2.41. The number of rotatable bonds is 6. The fourth-order valence-corrected chi connectivity index (χ4v) is 6.73. The van der Waals surface area contributed by atoms with Crippen LogP contribution in [0.4, 0.5) is 0 Å². The average Bonchev–Trinajstić information content (AvgIpc) is 2.65. The van der Waals surface area contributed by atoms with Gasteiger partial charge in [-0.3, -0.25) is 0 Å². The monoisotopic (exact) mass is 318 g/mol. The molecule has 0 aliphatic rings. The molecule has 3 aromatic carbocycles. The van der Waals surface area contributed by atoms with E-state index in [0.717, 1.165) is 21.8 Å². The Morgan fingerprint density at radius 1 is 0.652 bits per heavy atom. The van der Waals surface area contributed by atoms with Gasteiger partial charge in [-0.25, -0.2) is 0 Å². The van der Waals surface area contributed by atoms with E-state index in [0.29, 0.717) is 0 Å². The molecule has 0 N–H and O–H groups in total. The minimum atomic E-state index is -2.68. The summed E-state index contributed by atoms with van der Waals surface area (Å²) in [7, 11) is -2.68. The van der Waals surface area contributed by atoms with Gasteiger partial charge in [0.1, 0.15) is 6.29 Å². The van der Waals surface area contributed by atoms with Crippen LogP contribution in [0.1, 0.15) is 0 Å². The van der Waals surface area contributed by atoms with Crippen molar-refractivity contribution in [1.82, 2.24) is 0 Å². The molecule has 3 rings (SSSR count). The van der Waals surface area contributed by atoms with Crippen molar-refractivity contribution in [1.29, 1.82) is 0 Å². The highest BCUT2D eigenvalue weighted by Crippen LogP contribution is 2.09. The minimum absolute atomic E-state index is 0.0882. The molecule has 0 heterocycles. The second-order valence-corrected chi connectivity index (χ2v) is 8.64. The second-order valence-electron chi connectivity index (χ2n) is 5.26. The predicted octanol–water partition coefficient (Wildman–Crippen LogP) is 1.87. The van der Waals surface area contributed by atoms with E-state index < -0.39 is 8.32 Å². The Balaban J connectivity index is 2.27. The van der Waals surface area contributed by atoms with Gasteiger partial charge in [0.05, 0.1) is 6.61 Å². The summed E-state index contributed by atoms with van der Waals surface area (Å²) in [5.41, 5.74) is 0. The molecule has 0 spiro atoms. The third kappa shape index (κ3) is 3.02. The lowest BCUT2D eigenvalue weighted by Crippen LogP contribution is -2.69. The molecule has 0 radical (unpaired) electrons. The van der Waals surface area contributed by atoms with Gasteiger partial charge in [-0.15, -0.1) is 0 Å². The molecule has 0 aliphatic heterocycles. The van der Waals surface area contributed by atoms with E-state index in [1.807, 2.05) is 54.6 Å². The van der Waals surface area contributed by atoms with E-state index in [1.165, 1.54) is 0 Å². The van der Waals surface area contributed by atoms with E-state index in [2.05, 4.69) is 36.4 Å². The summed E-state index contributed by atoms with van der Waals surface area (Å²) in [5, 5.41) is 3.41. The highest BCUT2D eigenvalue weighted by atomic mass is 28.4. The van der Waals surface area contributed by atoms with Crippen molar-refractivity contribution in [3.8, 4) is 0 Å². The van der Waals surface area contributed by atoms with E-state index in [4.69, 9.17) is 4.43 Å². The van der Waals surface area contributed by atoms with Crippen LogP contribution in [0.2, 0.25) is 0 Å². The maximum absolute atomic E-state index is 11.0. The van der Waals surface area contributed by atoms with Crippen LogP contribution >= 0.6 is 0 Å². The second kappa shape index (κ2) is 7.18. The van der Waals surface area contributed by atoms with Gasteiger partial charge in [-0.05, 0) is 15.6 Å². The first kappa shape index (κ1) is 15.4. The normalized spacial score (nSPS) is 11.1. The number of carbonyl (C=O) groups excluding carboxylic acids is 1. The summed E-state index contributed by atoms with van der Waals surface area (Å²) in [6.45, 7) is 0.0882. The summed E-state index contributed by atoms with van der Waals surface area (Å²) >= 11 is 0. The van der Waals surface area contributed by atoms with Crippen LogP contribution in [0.25, 0.3) is 0 Å². The molecular formula is C20H18O2Si. The Hall–Kier alpha value is -2.49. The fraction of sp³-hybridized carbons (Fsp3) is 0.0500. The first-order valence-electron chi connectivity index (χ1n) is 7.62. The van der Waals surface area contributed by atoms with Crippen LogP contribution in [-0.2, 0) is 9.22 Å². The smallest absolute Gasteiger partial charge is 0.288 e. The Labute approximate surface area is 137 Å². The predicted molar refractivity (Wildman–Crippen MR) is 96.0 cm³/mol. The van der Waals surface area contributed by atoms with Crippen molar-refractivity contribution in [3.63, 3.8) is 0 Å². The molecule has 0 aromatic heterocycles. The number of carbonyl (C=O) groups is 1. The van der Waals surface area contributed by atoms with Gasteiger partial charge < -0.3 is 9.22 Å². The Kier molecular flexibility index (Phi) is 4.81. The summed E-state index contributed by atoms with van der Waals surface area (Å²) in [5.74, 6) is 0. The SMILES string of the molecule is O=CCO[Si](c1ccccc1)(c1ccccc1)c1ccccc1. The van der Waals surface area contributed by atoms with Crippen LogP contribution in [0, 0.1) is 0 Å². The molecule has 0 fully saturated rings. The summed E-state index contributed by atoms with van der Waals surface area (Å²) in [4.78, 5) is 11.0. The topological polar surface area (TPSA) is 26.3 Å². The fourth-order valence-electron chi connectivity index (χ4n) is 2.93. The minimum Gasteiger partial charge on any atom is -0.397 e. The van der Waals surface area contributed by atoms with Crippen LogP contribution in [-0.4, -0.2) is 21.2 Å². The molecule has 114 valence electrons. The van der Waals surface area contributed by atoms with Gasteiger partial charge in [0.2, 0.25) is 0 Å². The molecule has 0 bridgehead atoms. The van der Waals surface area contributed by atoms with Crippen molar-refractivity contribution in [2.75, 3.05) is 6.61 Å². The third-order valence-corrected chi connectivity index (χ3v) is 7.95. The van der Waals surface area contributed by atoms with Crippen molar-refractivity contribution >= 4 is 30.2 Å². The van der Waals surface area contributed by atoms with Crippen LogP contribution in [0.5, 0.6) is 0 Å². The van der Waals surface area contributed by atoms with Gasteiger partial charge in [-0.1, -0.05) is 91.0 Å². The van der Waals surface area contributed by atoms with Crippen LogP contribution in [0.15, 0.2) is 91.0 Å². The Bertz CT molecular complexity index is 646. The molecule has 3 heteroatoms. The largest absolute Gasteiger partial charge is 0.397 e. The number of hydrogen-bond donors (Lipinski definition) is 0. The lowest BCUT2D eigenvalue weighted by molar-refractivity contribution is -0.109. The zero-order valence-electron chi connectivity index (χ0n) is 12.8. The van der Waals surface area contributed by atoms with Crippen molar-refractivity contribution < 1.29 is 9.22 Å². The zero-order valence-corrected chi connectivity index (χ0v) is 13.8. The molecular weight excluding hydrogens is 300 g/mol. The molecule has 0 atom stereocenters. The van der Waals surface area contributed by atoms with Gasteiger partial charge in [0.15, 0.2) is 0 Å². The van der Waals surface area contributed by atoms with Crippen LogP contribution in [0.3, 0.4) is 0 Å². The van der Waals surface area contributed by atoms with E-state index >= 15 is 0 Å². The van der Waals surface area contributed by atoms with Gasteiger partial charge in [0.25, 0.3) is 8.32 Å². The molecule has 0 unspecified atom stereocenters. The number of aldehydes is 1. The van der Waals surface area contributed by atoms with E-state index in [9.17, 15) is 4.79 Å². The molecule has 0 saturated carbocycles. The first-order valence-corrected chi connectivity index (χ1v) is 9.53. The zero-order chi connectivity index (χ0) is 16.0. The van der Waals surface area contributed by atoms with Gasteiger partial charge >= 0.3 is 0 Å². The Morgan fingerprint density at radius 3 is 1.30 bits per heavy atom. The van der Waals surface area contributed by atoms with Gasteiger partial charge in [-0.2, -0.15) is 0 Å². The number of hydrogen-bond acceptors (Lipinski definition) is 2. The molecule has 0 saturated heterocycles. The average molecular weight is 318 g/mol. The summed E-state index contributed by atoms with van der Waals surface area (Å²) in [6.07, 6.45) is 0.830. The van der Waals surface area contributed by atoms with Gasteiger partial charge in [0, 0.05) is 0 Å².